The summed E-state index contributed by atoms with van der Waals surface area (Å²) in [4.78, 5) is 11.4. The molecule has 170 valence electrons. The van der Waals surface area contributed by atoms with Crippen LogP contribution in [0.15, 0.2) is 52.3 Å². The van der Waals surface area contributed by atoms with E-state index in [9.17, 15) is 31.5 Å². The largest absolute Gasteiger partial charge is 0.494 e. The molecule has 0 aromatic heterocycles. The second kappa shape index (κ2) is 9.43. The highest BCUT2D eigenvalue weighted by Gasteiger charge is 2.55. The number of aliphatic hydroxyl groups excluding tert-OH is 1. The van der Waals surface area contributed by atoms with Gasteiger partial charge in [0.25, 0.3) is 5.91 Å². The molecular formula is C19H19ClF3NO6S. The lowest BCUT2D eigenvalue weighted by molar-refractivity contribution is -0.242. The van der Waals surface area contributed by atoms with E-state index in [1.54, 1.807) is 0 Å². The molecular weight excluding hydrogens is 463 g/mol. The molecule has 0 aliphatic rings. The van der Waals surface area contributed by atoms with Crippen molar-refractivity contribution in [2.45, 2.75) is 34.9 Å². The van der Waals surface area contributed by atoms with Crippen molar-refractivity contribution in [1.82, 2.24) is 0 Å². The first-order valence-electron chi connectivity index (χ1n) is 8.79. The Morgan fingerprint density at radius 1 is 1.13 bits per heavy atom. The summed E-state index contributed by atoms with van der Waals surface area (Å²) in [6, 6.07) is 8.51. The molecule has 0 spiro atoms. The van der Waals surface area contributed by atoms with Crippen LogP contribution in [0, 0.1) is 0 Å². The van der Waals surface area contributed by atoms with Gasteiger partial charge in [-0.1, -0.05) is 11.6 Å². The van der Waals surface area contributed by atoms with E-state index in [4.69, 9.17) is 21.4 Å². The van der Waals surface area contributed by atoms with Crippen molar-refractivity contribution in [3.8, 4) is 5.75 Å². The number of hydrogen-bond donors (Lipinski definition) is 3. The summed E-state index contributed by atoms with van der Waals surface area (Å²) >= 11 is 5.95. The Hall–Kier alpha value is -2.34. The van der Waals surface area contributed by atoms with Gasteiger partial charge in [0.1, 0.15) is 5.75 Å². The summed E-state index contributed by atoms with van der Waals surface area (Å²) in [5.74, 6) is -1.37. The average molecular weight is 482 g/mol. The second-order valence-corrected chi connectivity index (χ2v) is 8.92. The maximum atomic E-state index is 12.8. The molecule has 0 unspecified atom stereocenters. The molecule has 0 bridgehead atoms. The quantitative estimate of drug-likeness (QED) is 0.499. The van der Waals surface area contributed by atoms with Gasteiger partial charge in [0.05, 0.1) is 27.1 Å². The summed E-state index contributed by atoms with van der Waals surface area (Å²) in [5.41, 5.74) is -3.97. The van der Waals surface area contributed by atoms with Gasteiger partial charge in [0, 0.05) is 13.0 Å². The van der Waals surface area contributed by atoms with Gasteiger partial charge in [0.15, 0.2) is 0 Å². The normalized spacial score (nSPS) is 14.0. The van der Waals surface area contributed by atoms with Crippen LogP contribution in [0.5, 0.6) is 5.75 Å². The molecule has 0 aliphatic carbocycles. The number of amides is 1. The van der Waals surface area contributed by atoms with Crippen molar-refractivity contribution in [1.29, 1.82) is 0 Å². The summed E-state index contributed by atoms with van der Waals surface area (Å²) in [7, 11) is -4.02. The van der Waals surface area contributed by atoms with Crippen molar-refractivity contribution >= 4 is 33.0 Å². The van der Waals surface area contributed by atoms with Crippen LogP contribution in [0.25, 0.3) is 0 Å². The van der Waals surface area contributed by atoms with Crippen LogP contribution >= 0.6 is 11.6 Å². The van der Waals surface area contributed by atoms with E-state index in [2.05, 4.69) is 0 Å². The van der Waals surface area contributed by atoms with Crippen molar-refractivity contribution in [3.63, 3.8) is 0 Å². The van der Waals surface area contributed by atoms with Crippen molar-refractivity contribution in [2.75, 3.05) is 18.5 Å². The Bertz CT molecular complexity index is 1040. The molecule has 7 nitrogen and oxygen atoms in total. The zero-order valence-corrected chi connectivity index (χ0v) is 17.7. The number of alkyl halides is 3. The van der Waals surface area contributed by atoms with E-state index in [0.717, 1.165) is 18.2 Å². The first kappa shape index (κ1) is 24.9. The zero-order valence-electron chi connectivity index (χ0n) is 16.1. The highest BCUT2D eigenvalue weighted by Crippen LogP contribution is 2.33. The van der Waals surface area contributed by atoms with Crippen LogP contribution in [0.3, 0.4) is 0 Å². The number of benzene rings is 2. The number of carbonyl (C=O) groups is 1. The molecule has 0 aliphatic heterocycles. The van der Waals surface area contributed by atoms with Gasteiger partial charge >= 0.3 is 6.18 Å². The van der Waals surface area contributed by atoms with Gasteiger partial charge in [-0.05, 0) is 49.4 Å². The highest BCUT2D eigenvalue weighted by molar-refractivity contribution is 7.91. The Kier molecular flexibility index (Phi) is 7.58. The van der Waals surface area contributed by atoms with Crippen LogP contribution in [0.4, 0.5) is 18.9 Å². The Labute approximate surface area is 181 Å². The monoisotopic (exact) mass is 481 g/mol. The van der Waals surface area contributed by atoms with Gasteiger partial charge in [-0.15, -0.1) is 0 Å². The molecule has 0 radical (unpaired) electrons. The lowest BCUT2D eigenvalue weighted by atomic mass is 10.1. The predicted octanol–water partition coefficient (Wildman–Crippen LogP) is 3.19. The minimum atomic E-state index is -5.22. The van der Waals surface area contributed by atoms with Crippen molar-refractivity contribution < 1.29 is 41.3 Å². The molecule has 12 heteroatoms. The molecule has 0 saturated heterocycles. The maximum absolute atomic E-state index is 12.8. The number of halogens is 4. The SMILES string of the molecule is C[C@@](O)(C(=O)Nc1ccc(S(=O)(=O)c2ccc(OCCCO)cc2)cc1Cl)C(F)(F)F. The van der Waals surface area contributed by atoms with Crippen LogP contribution in [-0.4, -0.2) is 49.5 Å². The second-order valence-electron chi connectivity index (χ2n) is 6.57. The first-order valence-corrected chi connectivity index (χ1v) is 10.7. The number of aliphatic hydroxyl groups is 2. The molecule has 0 fully saturated rings. The van der Waals surface area contributed by atoms with E-state index in [-0.39, 0.29) is 40.6 Å². The minimum absolute atomic E-state index is 0.0442. The molecule has 1 amide bonds. The fraction of sp³-hybridized carbons (Fsp3) is 0.316. The van der Waals surface area contributed by atoms with Gasteiger partial charge in [-0.2, -0.15) is 13.2 Å². The van der Waals surface area contributed by atoms with Crippen molar-refractivity contribution in [3.05, 3.63) is 47.5 Å². The summed E-state index contributed by atoms with van der Waals surface area (Å²) < 4.78 is 69.2. The molecule has 2 rings (SSSR count). The predicted molar refractivity (Wildman–Crippen MR) is 106 cm³/mol. The maximum Gasteiger partial charge on any atom is 0.426 e. The van der Waals surface area contributed by atoms with Crippen LogP contribution in [-0.2, 0) is 14.6 Å². The Morgan fingerprint density at radius 2 is 1.71 bits per heavy atom. The number of hydrogen-bond acceptors (Lipinski definition) is 6. The smallest absolute Gasteiger partial charge is 0.426 e. The minimum Gasteiger partial charge on any atom is -0.494 e. The zero-order chi connectivity index (χ0) is 23.4. The molecule has 31 heavy (non-hydrogen) atoms. The number of ether oxygens (including phenoxy) is 1. The van der Waals surface area contributed by atoms with E-state index >= 15 is 0 Å². The topological polar surface area (TPSA) is 113 Å². The first-order chi connectivity index (χ1) is 14.3. The lowest BCUT2D eigenvalue weighted by Crippen LogP contribution is -2.52. The number of anilines is 1. The van der Waals surface area contributed by atoms with E-state index in [1.807, 2.05) is 5.32 Å². The third kappa shape index (κ3) is 5.67. The number of rotatable bonds is 8. The fourth-order valence-electron chi connectivity index (χ4n) is 2.24. The van der Waals surface area contributed by atoms with Gasteiger partial charge in [0.2, 0.25) is 15.4 Å². The van der Waals surface area contributed by atoms with E-state index < -0.39 is 27.5 Å². The van der Waals surface area contributed by atoms with Crippen LogP contribution in [0.2, 0.25) is 5.02 Å². The summed E-state index contributed by atoms with van der Waals surface area (Å²) in [6.45, 7) is 0.496. The summed E-state index contributed by atoms with van der Waals surface area (Å²) in [6.07, 6.45) is -4.80. The number of carbonyl (C=O) groups excluding carboxylic acids is 1. The van der Waals surface area contributed by atoms with Crippen molar-refractivity contribution in [2.24, 2.45) is 0 Å². The molecule has 2 aromatic rings. The highest BCUT2D eigenvalue weighted by atomic mass is 35.5. The number of nitrogens with one attached hydrogen (secondary N) is 1. The molecule has 0 saturated carbocycles. The third-order valence-electron chi connectivity index (χ3n) is 4.20. The molecule has 0 heterocycles. The third-order valence-corrected chi connectivity index (χ3v) is 6.28. The molecule has 2 aromatic carbocycles. The van der Waals surface area contributed by atoms with Crippen LogP contribution in [0.1, 0.15) is 13.3 Å². The number of sulfone groups is 1. The van der Waals surface area contributed by atoms with E-state index in [0.29, 0.717) is 12.2 Å². The van der Waals surface area contributed by atoms with Gasteiger partial charge in [-0.25, -0.2) is 8.42 Å². The summed E-state index contributed by atoms with van der Waals surface area (Å²) in [5, 5.41) is 19.6. The van der Waals surface area contributed by atoms with Crippen LogP contribution < -0.4 is 10.1 Å². The fourth-order valence-corrected chi connectivity index (χ4v) is 3.82. The Morgan fingerprint density at radius 3 is 2.23 bits per heavy atom. The van der Waals surface area contributed by atoms with E-state index in [1.165, 1.54) is 24.3 Å². The lowest BCUT2D eigenvalue weighted by Gasteiger charge is -2.25. The molecule has 3 N–H and O–H groups in total. The van der Waals surface area contributed by atoms with Gasteiger partial charge < -0.3 is 20.3 Å². The molecule has 1 atom stereocenters. The average Bonchev–Trinajstić information content (AvgIpc) is 2.69. The standard InChI is InChI=1S/C19H19ClF3NO6S/c1-18(27,19(21,22)23)17(26)24-16-8-7-14(11-15(16)20)31(28,29)13-5-3-12(4-6-13)30-10-2-9-25/h3-8,11,25,27H,2,9-10H2,1H3,(H,24,26)/t18-/m1/s1. The Balaban J connectivity index is 2.22. The van der Waals surface area contributed by atoms with Gasteiger partial charge in [-0.3, -0.25) is 4.79 Å².